The van der Waals surface area contributed by atoms with E-state index in [1.807, 2.05) is 48.7 Å². The van der Waals surface area contributed by atoms with Crippen LogP contribution >= 0.6 is 11.8 Å². The van der Waals surface area contributed by atoms with Crippen LogP contribution in [0.15, 0.2) is 59.8 Å². The lowest BCUT2D eigenvalue weighted by molar-refractivity contribution is -0.113. The molecule has 0 aliphatic carbocycles. The van der Waals surface area contributed by atoms with E-state index in [-0.39, 0.29) is 23.6 Å². The number of rotatable bonds is 8. The Balaban J connectivity index is 1.61. The molecule has 0 saturated heterocycles. The third-order valence-electron chi connectivity index (χ3n) is 3.94. The van der Waals surface area contributed by atoms with Gasteiger partial charge in [0.2, 0.25) is 5.91 Å². The molecule has 2 aromatic carbocycles. The van der Waals surface area contributed by atoms with E-state index in [0.717, 1.165) is 5.75 Å². The molecule has 0 spiro atoms. The second-order valence-corrected chi connectivity index (χ2v) is 6.94. The van der Waals surface area contributed by atoms with Gasteiger partial charge in [0.25, 0.3) is 0 Å². The molecule has 0 radical (unpaired) electrons. The van der Waals surface area contributed by atoms with Gasteiger partial charge < -0.3 is 14.6 Å². The van der Waals surface area contributed by atoms with Crippen molar-refractivity contribution in [2.75, 3.05) is 11.1 Å². The zero-order chi connectivity index (χ0) is 19.9. The quantitative estimate of drug-likeness (QED) is 0.571. The van der Waals surface area contributed by atoms with E-state index in [9.17, 15) is 9.18 Å². The number of amides is 1. The SMILES string of the molecule is CCn1c(SCC(=O)Nc2ccc(F)cc2)nnc1[C@@H](C)Oc1ccccc1. The third kappa shape index (κ3) is 5.10. The van der Waals surface area contributed by atoms with Gasteiger partial charge in [-0.05, 0) is 50.2 Å². The highest BCUT2D eigenvalue weighted by Gasteiger charge is 2.19. The topological polar surface area (TPSA) is 69.0 Å². The van der Waals surface area contributed by atoms with Gasteiger partial charge in [-0.1, -0.05) is 30.0 Å². The van der Waals surface area contributed by atoms with Crippen LogP contribution in [-0.4, -0.2) is 26.4 Å². The predicted octanol–water partition coefficient (Wildman–Crippen LogP) is 4.31. The fraction of sp³-hybridized carbons (Fsp3) is 0.250. The lowest BCUT2D eigenvalue weighted by atomic mass is 10.3. The summed E-state index contributed by atoms with van der Waals surface area (Å²) in [5, 5.41) is 11.8. The average molecular weight is 400 g/mol. The minimum Gasteiger partial charge on any atom is -0.483 e. The number of hydrogen-bond donors (Lipinski definition) is 1. The predicted molar refractivity (Wildman–Crippen MR) is 107 cm³/mol. The molecule has 28 heavy (non-hydrogen) atoms. The molecule has 8 heteroatoms. The maximum Gasteiger partial charge on any atom is 0.234 e. The second kappa shape index (κ2) is 9.36. The summed E-state index contributed by atoms with van der Waals surface area (Å²) < 4.78 is 20.8. The number of nitrogens with one attached hydrogen (secondary N) is 1. The van der Waals surface area contributed by atoms with Crippen LogP contribution in [0.3, 0.4) is 0 Å². The van der Waals surface area contributed by atoms with Crippen molar-refractivity contribution in [3.05, 3.63) is 66.2 Å². The molecule has 0 bridgehead atoms. The lowest BCUT2D eigenvalue weighted by Gasteiger charge is -2.15. The van der Waals surface area contributed by atoms with Crippen molar-refractivity contribution in [3.8, 4) is 5.75 Å². The van der Waals surface area contributed by atoms with Gasteiger partial charge in [0, 0.05) is 12.2 Å². The normalized spacial score (nSPS) is 11.8. The standard InChI is InChI=1S/C20H21FN4O2S/c1-3-25-19(14(2)27-17-7-5-4-6-8-17)23-24-20(25)28-13-18(26)22-16-11-9-15(21)10-12-16/h4-12,14H,3,13H2,1-2H3,(H,22,26)/t14-/m1/s1. The van der Waals surface area contributed by atoms with Crippen LogP contribution in [0.2, 0.25) is 0 Å². The summed E-state index contributed by atoms with van der Waals surface area (Å²) in [6.07, 6.45) is -0.280. The summed E-state index contributed by atoms with van der Waals surface area (Å²) in [7, 11) is 0. The van der Waals surface area contributed by atoms with Crippen molar-refractivity contribution in [2.24, 2.45) is 0 Å². The van der Waals surface area contributed by atoms with Gasteiger partial charge in [-0.2, -0.15) is 0 Å². The molecule has 0 unspecified atom stereocenters. The first-order valence-electron chi connectivity index (χ1n) is 8.90. The summed E-state index contributed by atoms with van der Waals surface area (Å²) in [5.41, 5.74) is 0.550. The Labute approximate surface area is 167 Å². The molecule has 1 atom stereocenters. The number of aromatic nitrogens is 3. The van der Waals surface area contributed by atoms with E-state index < -0.39 is 0 Å². The lowest BCUT2D eigenvalue weighted by Crippen LogP contribution is -2.15. The fourth-order valence-corrected chi connectivity index (χ4v) is 3.43. The Morgan fingerprint density at radius 2 is 1.89 bits per heavy atom. The smallest absolute Gasteiger partial charge is 0.234 e. The first-order valence-corrected chi connectivity index (χ1v) is 9.88. The molecule has 1 amide bonds. The highest BCUT2D eigenvalue weighted by molar-refractivity contribution is 7.99. The number of benzene rings is 2. The van der Waals surface area contributed by atoms with Crippen LogP contribution in [-0.2, 0) is 11.3 Å². The van der Waals surface area contributed by atoms with Crippen LogP contribution in [0.5, 0.6) is 5.75 Å². The number of anilines is 1. The zero-order valence-electron chi connectivity index (χ0n) is 15.6. The summed E-state index contributed by atoms with van der Waals surface area (Å²) in [6.45, 7) is 4.57. The van der Waals surface area contributed by atoms with Crippen LogP contribution in [0, 0.1) is 5.82 Å². The maximum absolute atomic E-state index is 12.9. The number of carbonyl (C=O) groups excluding carboxylic acids is 1. The first-order chi connectivity index (χ1) is 13.6. The summed E-state index contributed by atoms with van der Waals surface area (Å²) in [6, 6.07) is 15.2. The van der Waals surface area contributed by atoms with Gasteiger partial charge in [0.15, 0.2) is 17.1 Å². The molecule has 146 valence electrons. The van der Waals surface area contributed by atoms with Crippen LogP contribution in [0.25, 0.3) is 0 Å². The molecule has 0 fully saturated rings. The van der Waals surface area contributed by atoms with Crippen molar-refractivity contribution < 1.29 is 13.9 Å². The molecule has 3 rings (SSSR count). The maximum atomic E-state index is 12.9. The van der Waals surface area contributed by atoms with Crippen molar-refractivity contribution >= 4 is 23.4 Å². The number of para-hydroxylation sites is 1. The number of nitrogens with zero attached hydrogens (tertiary/aromatic N) is 3. The first kappa shape index (κ1) is 19.9. The summed E-state index contributed by atoms with van der Waals surface area (Å²) >= 11 is 1.29. The minimum atomic E-state index is -0.345. The number of ether oxygens (including phenoxy) is 1. The van der Waals surface area contributed by atoms with E-state index in [0.29, 0.717) is 23.2 Å². The molecule has 1 aromatic heterocycles. The van der Waals surface area contributed by atoms with E-state index in [1.54, 1.807) is 0 Å². The van der Waals surface area contributed by atoms with Gasteiger partial charge >= 0.3 is 0 Å². The molecule has 0 aliphatic rings. The van der Waals surface area contributed by atoms with Crippen molar-refractivity contribution in [1.82, 2.24) is 14.8 Å². The number of hydrogen-bond acceptors (Lipinski definition) is 5. The Bertz CT molecular complexity index is 916. The van der Waals surface area contributed by atoms with Crippen molar-refractivity contribution in [3.63, 3.8) is 0 Å². The average Bonchev–Trinajstić information content (AvgIpc) is 3.12. The van der Waals surface area contributed by atoms with E-state index >= 15 is 0 Å². The van der Waals surface area contributed by atoms with Gasteiger partial charge in [0.1, 0.15) is 11.6 Å². The van der Waals surface area contributed by atoms with Gasteiger partial charge in [-0.15, -0.1) is 10.2 Å². The van der Waals surface area contributed by atoms with E-state index in [1.165, 1.54) is 36.0 Å². The van der Waals surface area contributed by atoms with Gasteiger partial charge in [-0.25, -0.2) is 4.39 Å². The Kier molecular flexibility index (Phi) is 6.65. The van der Waals surface area contributed by atoms with Crippen molar-refractivity contribution in [2.45, 2.75) is 31.7 Å². The van der Waals surface area contributed by atoms with Crippen molar-refractivity contribution in [1.29, 1.82) is 0 Å². The van der Waals surface area contributed by atoms with Gasteiger partial charge in [-0.3, -0.25) is 4.79 Å². The van der Waals surface area contributed by atoms with E-state index in [2.05, 4.69) is 15.5 Å². The molecule has 0 aliphatic heterocycles. The minimum absolute atomic E-state index is 0.170. The monoisotopic (exact) mass is 400 g/mol. The van der Waals surface area contributed by atoms with E-state index in [4.69, 9.17) is 4.74 Å². The molecular weight excluding hydrogens is 379 g/mol. The molecular formula is C20H21FN4O2S. The molecule has 0 saturated carbocycles. The summed E-state index contributed by atoms with van der Waals surface area (Å²) in [4.78, 5) is 12.1. The zero-order valence-corrected chi connectivity index (χ0v) is 16.4. The summed E-state index contributed by atoms with van der Waals surface area (Å²) in [5.74, 6) is 1.09. The Hall–Kier alpha value is -2.87. The highest BCUT2D eigenvalue weighted by Crippen LogP contribution is 2.24. The van der Waals surface area contributed by atoms with Crippen LogP contribution in [0.4, 0.5) is 10.1 Å². The van der Waals surface area contributed by atoms with Crippen LogP contribution < -0.4 is 10.1 Å². The Morgan fingerprint density at radius 1 is 1.18 bits per heavy atom. The van der Waals surface area contributed by atoms with Crippen LogP contribution in [0.1, 0.15) is 25.8 Å². The largest absolute Gasteiger partial charge is 0.483 e. The number of halogens is 1. The number of thioether (sulfide) groups is 1. The molecule has 1 N–H and O–H groups in total. The fourth-order valence-electron chi connectivity index (χ4n) is 2.62. The highest BCUT2D eigenvalue weighted by atomic mass is 32.2. The van der Waals surface area contributed by atoms with Gasteiger partial charge in [0.05, 0.1) is 5.75 Å². The molecule has 1 heterocycles. The second-order valence-electron chi connectivity index (χ2n) is 6.00. The third-order valence-corrected chi connectivity index (χ3v) is 4.91. The molecule has 3 aromatic rings. The Morgan fingerprint density at radius 3 is 2.57 bits per heavy atom. The number of carbonyl (C=O) groups is 1. The molecule has 6 nitrogen and oxygen atoms in total.